The van der Waals surface area contributed by atoms with Gasteiger partial charge in [-0.3, -0.25) is 9.69 Å². The number of carboxylic acid groups (broad SMARTS) is 1. The summed E-state index contributed by atoms with van der Waals surface area (Å²) in [5.74, 6) is -0.0468. The molecule has 152 valence electrons. The normalized spacial score (nSPS) is 17.1. The Morgan fingerprint density at radius 2 is 1.93 bits per heavy atom. The number of rotatable bonds is 6. The molecule has 1 fully saturated rings. The first-order chi connectivity index (χ1) is 13.9. The third-order valence-electron chi connectivity index (χ3n) is 5.82. The van der Waals surface area contributed by atoms with Gasteiger partial charge in [0.15, 0.2) is 0 Å². The lowest BCUT2D eigenvalue weighted by Crippen LogP contribution is -2.50. The maximum Gasteiger partial charge on any atom is 0.309 e. The van der Waals surface area contributed by atoms with Gasteiger partial charge in [0.05, 0.1) is 16.0 Å². The number of hydrogen-bond acceptors (Lipinski definition) is 3. The van der Waals surface area contributed by atoms with Crippen LogP contribution in [0.25, 0.3) is 5.57 Å². The molecule has 2 aliphatic rings. The van der Waals surface area contributed by atoms with Crippen LogP contribution in [0, 0.1) is 5.92 Å². The van der Waals surface area contributed by atoms with Crippen LogP contribution in [0.15, 0.2) is 42.0 Å². The van der Waals surface area contributed by atoms with Crippen molar-refractivity contribution in [3.63, 3.8) is 0 Å². The number of halogens is 2. The van der Waals surface area contributed by atoms with E-state index in [0.29, 0.717) is 29.7 Å². The van der Waals surface area contributed by atoms with E-state index < -0.39 is 5.97 Å². The third-order valence-corrected chi connectivity index (χ3v) is 6.56. The van der Waals surface area contributed by atoms with E-state index in [4.69, 9.17) is 33.0 Å². The van der Waals surface area contributed by atoms with Crippen LogP contribution in [0.4, 0.5) is 0 Å². The van der Waals surface area contributed by atoms with Gasteiger partial charge in [-0.15, -0.1) is 0 Å². The Morgan fingerprint density at radius 1 is 1.14 bits per heavy atom. The van der Waals surface area contributed by atoms with Crippen LogP contribution in [0.1, 0.15) is 30.0 Å². The number of nitrogens with zero attached hydrogens (tertiary/aromatic N) is 1. The molecule has 1 heterocycles. The van der Waals surface area contributed by atoms with Gasteiger partial charge in [0.25, 0.3) is 0 Å². The van der Waals surface area contributed by atoms with Gasteiger partial charge in [0, 0.05) is 19.6 Å². The van der Waals surface area contributed by atoms with E-state index in [1.807, 2.05) is 18.2 Å². The van der Waals surface area contributed by atoms with Gasteiger partial charge in [0.2, 0.25) is 0 Å². The van der Waals surface area contributed by atoms with Gasteiger partial charge in [-0.25, -0.2) is 0 Å². The number of carboxylic acids is 1. The summed E-state index contributed by atoms with van der Waals surface area (Å²) < 4.78 is 5.96. The summed E-state index contributed by atoms with van der Waals surface area (Å²) >= 11 is 12.0. The fourth-order valence-electron chi connectivity index (χ4n) is 4.01. The molecule has 0 atom stereocenters. The number of benzene rings is 2. The Kier molecular flexibility index (Phi) is 5.86. The highest BCUT2D eigenvalue weighted by Crippen LogP contribution is 2.35. The lowest BCUT2D eigenvalue weighted by atomic mass is 9.85. The molecule has 29 heavy (non-hydrogen) atoms. The average Bonchev–Trinajstić information content (AvgIpc) is 2.66. The van der Waals surface area contributed by atoms with Crippen LogP contribution < -0.4 is 4.74 Å². The Bertz CT molecular complexity index is 980. The number of aryl methyl sites for hydroxylation is 1. The Labute approximate surface area is 180 Å². The zero-order valence-electron chi connectivity index (χ0n) is 16.3. The van der Waals surface area contributed by atoms with Crippen LogP contribution in [-0.4, -0.2) is 35.6 Å². The smallest absolute Gasteiger partial charge is 0.309 e. The van der Waals surface area contributed by atoms with E-state index in [9.17, 15) is 4.79 Å². The highest BCUT2D eigenvalue weighted by Gasteiger charge is 2.33. The van der Waals surface area contributed by atoms with Crippen molar-refractivity contribution in [1.29, 1.82) is 0 Å². The number of ether oxygens (including phenoxy) is 1. The molecule has 4 rings (SSSR count). The summed E-state index contributed by atoms with van der Waals surface area (Å²) in [5, 5.41) is 10.1. The van der Waals surface area contributed by atoms with Crippen LogP contribution in [-0.2, 0) is 17.8 Å². The number of aliphatic carboxylic acids is 1. The molecule has 0 amide bonds. The molecule has 6 heteroatoms. The summed E-state index contributed by atoms with van der Waals surface area (Å²) in [4.78, 5) is 13.2. The molecule has 1 aliphatic carbocycles. The summed E-state index contributed by atoms with van der Waals surface area (Å²) in [5.41, 5.74) is 6.25. The van der Waals surface area contributed by atoms with Crippen molar-refractivity contribution in [2.24, 2.45) is 5.92 Å². The minimum Gasteiger partial charge on any atom is -0.489 e. The minimum absolute atomic E-state index is 0.206. The first-order valence-corrected chi connectivity index (χ1v) is 10.5. The molecular weight excluding hydrogens is 409 g/mol. The van der Waals surface area contributed by atoms with Gasteiger partial charge in [-0.2, -0.15) is 0 Å². The topological polar surface area (TPSA) is 49.8 Å². The highest BCUT2D eigenvalue weighted by molar-refractivity contribution is 6.42. The number of hydrogen-bond donors (Lipinski definition) is 1. The van der Waals surface area contributed by atoms with Gasteiger partial charge < -0.3 is 9.84 Å². The number of allylic oxidation sites excluding steroid dienone is 1. The Morgan fingerprint density at radius 3 is 2.66 bits per heavy atom. The predicted octanol–water partition coefficient (Wildman–Crippen LogP) is 5.31. The predicted molar refractivity (Wildman–Crippen MR) is 116 cm³/mol. The van der Waals surface area contributed by atoms with Crippen LogP contribution >= 0.6 is 23.2 Å². The second-order valence-corrected chi connectivity index (χ2v) is 8.63. The average molecular weight is 432 g/mol. The molecule has 0 saturated carbocycles. The monoisotopic (exact) mass is 431 g/mol. The Balaban J connectivity index is 1.41. The molecule has 2 aromatic carbocycles. The summed E-state index contributed by atoms with van der Waals surface area (Å²) in [6.07, 6.45) is 1.98. The van der Waals surface area contributed by atoms with Crippen molar-refractivity contribution in [1.82, 2.24) is 4.90 Å². The van der Waals surface area contributed by atoms with Crippen molar-refractivity contribution in [3.05, 3.63) is 68.7 Å². The molecule has 0 radical (unpaired) electrons. The quantitative estimate of drug-likeness (QED) is 0.673. The van der Waals surface area contributed by atoms with Crippen molar-refractivity contribution in [2.45, 2.75) is 26.4 Å². The summed E-state index contributed by atoms with van der Waals surface area (Å²) in [7, 11) is 0. The van der Waals surface area contributed by atoms with Crippen LogP contribution in [0.2, 0.25) is 10.0 Å². The van der Waals surface area contributed by atoms with E-state index in [-0.39, 0.29) is 5.92 Å². The zero-order valence-corrected chi connectivity index (χ0v) is 17.8. The highest BCUT2D eigenvalue weighted by atomic mass is 35.5. The molecule has 0 unspecified atom stereocenters. The van der Waals surface area contributed by atoms with E-state index >= 15 is 0 Å². The lowest BCUT2D eigenvalue weighted by Gasteiger charge is -2.38. The third kappa shape index (κ3) is 4.45. The van der Waals surface area contributed by atoms with Crippen LogP contribution in [0.3, 0.4) is 0 Å². The van der Waals surface area contributed by atoms with Crippen molar-refractivity contribution in [3.8, 4) is 5.75 Å². The second-order valence-electron chi connectivity index (χ2n) is 7.81. The molecule has 0 bridgehead atoms. The molecule has 2 aromatic rings. The first kappa shape index (κ1) is 20.3. The standard InChI is InChI=1S/C23H23Cl2NO3/c1-14-17(10-26-11-18(12-26)23(27)28)4-3-16-9-19(5-6-20(14)16)29-13-15-2-7-21(24)22(25)8-15/h2,5-9,18H,3-4,10-13H2,1H3,(H,27,28). The maximum atomic E-state index is 11.0. The van der Waals surface area contributed by atoms with Gasteiger partial charge in [-0.1, -0.05) is 40.9 Å². The van der Waals surface area contributed by atoms with E-state index in [0.717, 1.165) is 30.7 Å². The first-order valence-electron chi connectivity index (χ1n) is 9.74. The molecule has 0 spiro atoms. The minimum atomic E-state index is -0.686. The van der Waals surface area contributed by atoms with E-state index in [1.165, 1.54) is 22.3 Å². The van der Waals surface area contributed by atoms with Crippen molar-refractivity contribution < 1.29 is 14.6 Å². The second kappa shape index (κ2) is 8.39. The number of likely N-dealkylation sites (tertiary alicyclic amines) is 1. The summed E-state index contributed by atoms with van der Waals surface area (Å²) in [6, 6.07) is 11.8. The Hall–Kier alpha value is -2.01. The van der Waals surface area contributed by atoms with Gasteiger partial charge in [-0.05, 0) is 66.3 Å². The van der Waals surface area contributed by atoms with Crippen molar-refractivity contribution in [2.75, 3.05) is 19.6 Å². The van der Waals surface area contributed by atoms with E-state index in [1.54, 1.807) is 6.07 Å². The van der Waals surface area contributed by atoms with Gasteiger partial charge >= 0.3 is 5.97 Å². The molecule has 1 N–H and O–H groups in total. The fourth-order valence-corrected chi connectivity index (χ4v) is 4.34. The maximum absolute atomic E-state index is 11.0. The number of carbonyl (C=O) groups is 1. The molecule has 1 aliphatic heterocycles. The van der Waals surface area contributed by atoms with Crippen LogP contribution in [0.5, 0.6) is 5.75 Å². The van der Waals surface area contributed by atoms with Crippen molar-refractivity contribution >= 4 is 34.7 Å². The largest absolute Gasteiger partial charge is 0.489 e. The molecule has 4 nitrogen and oxygen atoms in total. The lowest BCUT2D eigenvalue weighted by molar-refractivity contribution is -0.147. The molecular formula is C23H23Cl2NO3. The molecule has 1 saturated heterocycles. The molecule has 0 aromatic heterocycles. The summed E-state index contributed by atoms with van der Waals surface area (Å²) in [6.45, 7) is 4.78. The zero-order chi connectivity index (χ0) is 20.5. The fraction of sp³-hybridized carbons (Fsp3) is 0.348. The van der Waals surface area contributed by atoms with E-state index in [2.05, 4.69) is 24.0 Å². The number of fused-ring (bicyclic) bond motifs is 1. The van der Waals surface area contributed by atoms with Gasteiger partial charge in [0.1, 0.15) is 12.4 Å². The SMILES string of the molecule is CC1=C(CN2CC(C(=O)O)C2)CCc2cc(OCc3ccc(Cl)c(Cl)c3)ccc21.